The van der Waals surface area contributed by atoms with E-state index in [4.69, 9.17) is 10.0 Å². The van der Waals surface area contributed by atoms with Crippen molar-refractivity contribution in [3.63, 3.8) is 0 Å². The fourth-order valence-electron chi connectivity index (χ4n) is 1.78. The molecule has 92 valence electrons. The molecule has 0 heterocycles. The zero-order valence-electron chi connectivity index (χ0n) is 10.3. The van der Waals surface area contributed by atoms with Crippen LogP contribution in [0.1, 0.15) is 11.1 Å². The summed E-state index contributed by atoms with van der Waals surface area (Å²) in [5.41, 5.74) is 3.93. The molecule has 0 aliphatic heterocycles. The SMILES string of the molecule is Cc1ccccc1NCc1ccc(B(O)O)cc1. The maximum Gasteiger partial charge on any atom is 0.488 e. The Bertz CT molecular complexity index is 511. The second-order valence-corrected chi connectivity index (χ2v) is 4.28. The Morgan fingerprint density at radius 1 is 1.00 bits per heavy atom. The van der Waals surface area contributed by atoms with Crippen molar-refractivity contribution in [3.05, 3.63) is 59.7 Å². The molecule has 0 bridgehead atoms. The number of anilines is 1. The standard InChI is InChI=1S/C14H16BNO2/c1-11-4-2-3-5-14(11)16-10-12-6-8-13(9-7-12)15(17)18/h2-9,16-18H,10H2,1H3. The number of para-hydroxylation sites is 1. The normalized spacial score (nSPS) is 10.2. The number of benzene rings is 2. The maximum absolute atomic E-state index is 9.00. The van der Waals surface area contributed by atoms with Crippen molar-refractivity contribution >= 4 is 18.3 Å². The highest BCUT2D eigenvalue weighted by Gasteiger charge is 2.09. The molecule has 3 nitrogen and oxygen atoms in total. The summed E-state index contributed by atoms with van der Waals surface area (Å²) in [6, 6.07) is 15.3. The van der Waals surface area contributed by atoms with Crippen LogP contribution in [0, 0.1) is 6.92 Å². The fourth-order valence-corrected chi connectivity index (χ4v) is 1.78. The predicted octanol–water partition coefficient (Wildman–Crippen LogP) is 1.29. The molecular formula is C14H16BNO2. The van der Waals surface area contributed by atoms with Gasteiger partial charge in [-0.1, -0.05) is 42.5 Å². The first kappa shape index (κ1) is 12.7. The lowest BCUT2D eigenvalue weighted by molar-refractivity contribution is 0.426. The molecule has 2 rings (SSSR count). The molecule has 0 aliphatic carbocycles. The highest BCUT2D eigenvalue weighted by atomic mass is 16.4. The first-order valence-corrected chi connectivity index (χ1v) is 5.91. The van der Waals surface area contributed by atoms with Crippen LogP contribution in [0.15, 0.2) is 48.5 Å². The average molecular weight is 241 g/mol. The molecule has 0 aromatic heterocycles. The van der Waals surface area contributed by atoms with Gasteiger partial charge in [-0.15, -0.1) is 0 Å². The van der Waals surface area contributed by atoms with Gasteiger partial charge in [0.1, 0.15) is 0 Å². The van der Waals surface area contributed by atoms with Gasteiger partial charge in [-0.3, -0.25) is 0 Å². The topological polar surface area (TPSA) is 52.5 Å². The monoisotopic (exact) mass is 241 g/mol. The molecule has 0 spiro atoms. The van der Waals surface area contributed by atoms with Crippen molar-refractivity contribution in [2.45, 2.75) is 13.5 Å². The average Bonchev–Trinajstić information content (AvgIpc) is 2.38. The smallest absolute Gasteiger partial charge is 0.423 e. The van der Waals surface area contributed by atoms with Gasteiger partial charge >= 0.3 is 7.12 Å². The summed E-state index contributed by atoms with van der Waals surface area (Å²) in [5, 5.41) is 21.4. The summed E-state index contributed by atoms with van der Waals surface area (Å²) in [4.78, 5) is 0. The summed E-state index contributed by atoms with van der Waals surface area (Å²) in [5.74, 6) is 0. The van der Waals surface area contributed by atoms with Gasteiger partial charge in [0, 0.05) is 12.2 Å². The van der Waals surface area contributed by atoms with Crippen LogP contribution in [-0.2, 0) is 6.54 Å². The molecule has 0 atom stereocenters. The lowest BCUT2D eigenvalue weighted by Gasteiger charge is -2.09. The van der Waals surface area contributed by atoms with Crippen molar-refractivity contribution in [1.29, 1.82) is 0 Å². The quantitative estimate of drug-likeness (QED) is 0.707. The van der Waals surface area contributed by atoms with Crippen LogP contribution in [0.25, 0.3) is 0 Å². The maximum atomic E-state index is 9.00. The molecule has 2 aromatic rings. The van der Waals surface area contributed by atoms with Crippen LogP contribution in [0.5, 0.6) is 0 Å². The Labute approximate surface area is 107 Å². The second kappa shape index (κ2) is 5.71. The van der Waals surface area contributed by atoms with E-state index in [1.165, 1.54) is 5.56 Å². The van der Waals surface area contributed by atoms with Gasteiger partial charge in [0.05, 0.1) is 0 Å². The predicted molar refractivity (Wildman–Crippen MR) is 74.8 cm³/mol. The van der Waals surface area contributed by atoms with Gasteiger partial charge in [0.2, 0.25) is 0 Å². The number of rotatable bonds is 4. The molecule has 0 fully saturated rings. The third-order valence-corrected chi connectivity index (χ3v) is 2.91. The van der Waals surface area contributed by atoms with Crippen molar-refractivity contribution in [3.8, 4) is 0 Å². The van der Waals surface area contributed by atoms with Crippen LogP contribution >= 0.6 is 0 Å². The lowest BCUT2D eigenvalue weighted by atomic mass is 9.80. The Kier molecular flexibility index (Phi) is 4.02. The zero-order valence-corrected chi connectivity index (χ0v) is 10.3. The van der Waals surface area contributed by atoms with E-state index in [9.17, 15) is 0 Å². The second-order valence-electron chi connectivity index (χ2n) is 4.28. The molecule has 0 unspecified atom stereocenters. The molecular weight excluding hydrogens is 225 g/mol. The summed E-state index contributed by atoms with van der Waals surface area (Å²) >= 11 is 0. The number of aryl methyl sites for hydroxylation is 1. The largest absolute Gasteiger partial charge is 0.488 e. The van der Waals surface area contributed by atoms with E-state index < -0.39 is 7.12 Å². The van der Waals surface area contributed by atoms with Crippen LogP contribution in [0.3, 0.4) is 0 Å². The van der Waals surface area contributed by atoms with Gasteiger partial charge in [-0.2, -0.15) is 0 Å². The van der Waals surface area contributed by atoms with E-state index in [2.05, 4.69) is 18.3 Å². The van der Waals surface area contributed by atoms with Gasteiger partial charge < -0.3 is 15.4 Å². The first-order valence-electron chi connectivity index (χ1n) is 5.91. The van der Waals surface area contributed by atoms with Crippen molar-refractivity contribution in [2.75, 3.05) is 5.32 Å². The van der Waals surface area contributed by atoms with Gasteiger partial charge in [-0.05, 0) is 29.6 Å². The van der Waals surface area contributed by atoms with E-state index >= 15 is 0 Å². The van der Waals surface area contributed by atoms with Crippen LogP contribution in [0.2, 0.25) is 0 Å². The molecule has 0 aliphatic rings. The van der Waals surface area contributed by atoms with E-state index in [1.54, 1.807) is 12.1 Å². The van der Waals surface area contributed by atoms with Crippen LogP contribution in [0.4, 0.5) is 5.69 Å². The Balaban J connectivity index is 2.00. The summed E-state index contributed by atoms with van der Waals surface area (Å²) < 4.78 is 0. The molecule has 3 N–H and O–H groups in total. The molecule has 0 amide bonds. The van der Waals surface area contributed by atoms with Gasteiger partial charge in [0.15, 0.2) is 0 Å². The molecule has 0 radical (unpaired) electrons. The van der Waals surface area contributed by atoms with Crippen molar-refractivity contribution in [2.24, 2.45) is 0 Å². The Hall–Kier alpha value is -1.78. The van der Waals surface area contributed by atoms with Crippen molar-refractivity contribution in [1.82, 2.24) is 0 Å². The van der Waals surface area contributed by atoms with Gasteiger partial charge in [0.25, 0.3) is 0 Å². The molecule has 0 saturated heterocycles. The molecule has 18 heavy (non-hydrogen) atoms. The highest BCUT2D eigenvalue weighted by molar-refractivity contribution is 6.58. The molecule has 0 saturated carbocycles. The van der Waals surface area contributed by atoms with E-state index in [-0.39, 0.29) is 0 Å². The van der Waals surface area contributed by atoms with Crippen molar-refractivity contribution < 1.29 is 10.0 Å². The number of hydrogen-bond donors (Lipinski definition) is 3. The van der Waals surface area contributed by atoms with Gasteiger partial charge in [-0.25, -0.2) is 0 Å². The third-order valence-electron chi connectivity index (χ3n) is 2.91. The van der Waals surface area contributed by atoms with E-state index in [0.29, 0.717) is 12.0 Å². The zero-order chi connectivity index (χ0) is 13.0. The fraction of sp³-hybridized carbons (Fsp3) is 0.143. The minimum atomic E-state index is -1.40. The lowest BCUT2D eigenvalue weighted by Crippen LogP contribution is -2.29. The summed E-state index contributed by atoms with van der Waals surface area (Å²) in [6.07, 6.45) is 0. The minimum Gasteiger partial charge on any atom is -0.423 e. The number of hydrogen-bond acceptors (Lipinski definition) is 3. The molecule has 4 heteroatoms. The van der Waals surface area contributed by atoms with Crippen LogP contribution in [-0.4, -0.2) is 17.2 Å². The highest BCUT2D eigenvalue weighted by Crippen LogP contribution is 2.14. The Morgan fingerprint density at radius 2 is 1.67 bits per heavy atom. The minimum absolute atomic E-state index is 0.509. The first-order chi connectivity index (χ1) is 8.66. The van der Waals surface area contributed by atoms with E-state index in [1.807, 2.05) is 30.3 Å². The summed E-state index contributed by atoms with van der Waals surface area (Å²) in [7, 11) is -1.40. The summed E-state index contributed by atoms with van der Waals surface area (Å²) in [6.45, 7) is 2.78. The third kappa shape index (κ3) is 3.12. The van der Waals surface area contributed by atoms with E-state index in [0.717, 1.165) is 11.3 Å². The van der Waals surface area contributed by atoms with Crippen LogP contribution < -0.4 is 10.8 Å². The Morgan fingerprint density at radius 3 is 2.28 bits per heavy atom. The molecule has 2 aromatic carbocycles. The number of nitrogens with one attached hydrogen (secondary N) is 1.